The van der Waals surface area contributed by atoms with Crippen molar-refractivity contribution in [3.63, 3.8) is 0 Å². The highest BCUT2D eigenvalue weighted by Crippen LogP contribution is 2.35. The minimum absolute atomic E-state index is 0.0398. The second kappa shape index (κ2) is 11.5. The van der Waals surface area contributed by atoms with Gasteiger partial charge in [-0.15, -0.1) is 13.2 Å². The topological polar surface area (TPSA) is 126 Å². The third-order valence-corrected chi connectivity index (χ3v) is 7.09. The molecule has 39 heavy (non-hydrogen) atoms. The van der Waals surface area contributed by atoms with Crippen molar-refractivity contribution in [3.8, 4) is 17.2 Å². The lowest BCUT2D eigenvalue weighted by Crippen LogP contribution is -2.55. The zero-order valence-electron chi connectivity index (χ0n) is 20.4. The molecule has 1 aliphatic heterocycles. The van der Waals surface area contributed by atoms with Crippen LogP contribution in [0.5, 0.6) is 17.2 Å². The molecule has 1 amide bonds. The fourth-order valence-electron chi connectivity index (χ4n) is 3.84. The number of likely N-dealkylation sites (N-methyl/N-ethyl adjacent to an activating group) is 1. The van der Waals surface area contributed by atoms with E-state index in [0.29, 0.717) is 22.7 Å². The predicted octanol–water partition coefficient (Wildman–Crippen LogP) is 2.73. The molecular weight excluding hydrogens is 543 g/mol. The number of carbonyl (C=O) groups excluding carboxylic acids is 1. The van der Waals surface area contributed by atoms with Gasteiger partial charge in [-0.25, -0.2) is 8.42 Å². The molecule has 3 N–H and O–H groups in total. The maximum absolute atomic E-state index is 13.5. The molecule has 3 aromatic carbocycles. The molecule has 1 heterocycles. The van der Waals surface area contributed by atoms with Crippen LogP contribution in [0.25, 0.3) is 0 Å². The average molecular weight is 568 g/mol. The number of halogens is 3. The van der Waals surface area contributed by atoms with E-state index in [2.05, 4.69) is 10.1 Å². The number of anilines is 1. The van der Waals surface area contributed by atoms with E-state index in [1.54, 1.807) is 48.5 Å². The number of nitrogens with one attached hydrogen (secondary N) is 2. The Kier molecular flexibility index (Phi) is 8.30. The minimum atomic E-state index is -5.14. The van der Waals surface area contributed by atoms with Gasteiger partial charge in [0.1, 0.15) is 10.6 Å². The van der Waals surface area contributed by atoms with Crippen molar-refractivity contribution in [1.29, 1.82) is 0 Å². The van der Waals surface area contributed by atoms with E-state index in [1.807, 2.05) is 4.72 Å². The predicted molar refractivity (Wildman–Crippen MR) is 132 cm³/mol. The standard InChI is InChI=1S/C25H24F3N3O7S/c1-31(17-11-12-19-21(14-17)37-15-36-19)23(32)18(13-16-7-3-2-4-8-16)29-24(33)30-39(34,35)22-10-6-5-9-20(22)38-25(26,27)28/h2-12,14,18,24,29-30,33H,13,15H2,1H3/t18-,24?/m0/s1. The smallest absolute Gasteiger partial charge is 0.454 e. The Bertz CT molecular complexity index is 1420. The van der Waals surface area contributed by atoms with E-state index in [4.69, 9.17) is 9.47 Å². The summed E-state index contributed by atoms with van der Waals surface area (Å²) in [4.78, 5) is 13.9. The van der Waals surface area contributed by atoms with Gasteiger partial charge in [-0.05, 0) is 36.2 Å². The van der Waals surface area contributed by atoms with E-state index in [1.165, 1.54) is 18.0 Å². The number of hydrogen-bond acceptors (Lipinski definition) is 8. The van der Waals surface area contributed by atoms with E-state index in [9.17, 15) is 31.5 Å². The molecule has 0 radical (unpaired) electrons. The fourth-order valence-corrected chi connectivity index (χ4v) is 4.96. The van der Waals surface area contributed by atoms with Crippen LogP contribution in [0.4, 0.5) is 18.9 Å². The normalized spacial score (nSPS) is 14.5. The number of hydrogen-bond donors (Lipinski definition) is 3. The van der Waals surface area contributed by atoms with Crippen molar-refractivity contribution >= 4 is 21.6 Å². The largest absolute Gasteiger partial charge is 0.573 e. The van der Waals surface area contributed by atoms with Crippen LogP contribution < -0.4 is 29.1 Å². The summed E-state index contributed by atoms with van der Waals surface area (Å²) in [6.07, 6.45) is -7.16. The van der Waals surface area contributed by atoms with E-state index < -0.39 is 45.3 Å². The maximum atomic E-state index is 13.5. The summed E-state index contributed by atoms with van der Waals surface area (Å²) in [5, 5.41) is 13.1. The number of fused-ring (bicyclic) bond motifs is 1. The van der Waals surface area contributed by atoms with Crippen LogP contribution in [0.2, 0.25) is 0 Å². The lowest BCUT2D eigenvalue weighted by molar-refractivity contribution is -0.275. The van der Waals surface area contributed by atoms with Crippen LogP contribution in [-0.4, -0.2) is 52.0 Å². The summed E-state index contributed by atoms with van der Waals surface area (Å²) in [6, 6.07) is 16.5. The summed E-state index contributed by atoms with van der Waals surface area (Å²) < 4.78 is 80.3. The maximum Gasteiger partial charge on any atom is 0.573 e. The molecular formula is C25H24F3N3O7S. The van der Waals surface area contributed by atoms with Gasteiger partial charge in [0, 0.05) is 18.8 Å². The second-order valence-electron chi connectivity index (χ2n) is 8.36. The van der Waals surface area contributed by atoms with Crippen molar-refractivity contribution < 1.29 is 45.7 Å². The lowest BCUT2D eigenvalue weighted by atomic mass is 10.0. The van der Waals surface area contributed by atoms with Crippen LogP contribution in [-0.2, 0) is 21.2 Å². The molecule has 1 unspecified atom stereocenters. The number of rotatable bonds is 10. The highest BCUT2D eigenvalue weighted by molar-refractivity contribution is 7.89. The first-order valence-electron chi connectivity index (χ1n) is 11.5. The van der Waals surface area contributed by atoms with Crippen molar-refractivity contribution in [2.45, 2.75) is 30.1 Å². The monoisotopic (exact) mass is 567 g/mol. The summed E-state index contributed by atoms with van der Waals surface area (Å²) in [5.74, 6) is -0.577. The molecule has 3 aromatic rings. The fraction of sp³-hybridized carbons (Fsp3) is 0.240. The van der Waals surface area contributed by atoms with Crippen LogP contribution in [0.3, 0.4) is 0 Å². The molecule has 14 heteroatoms. The van der Waals surface area contributed by atoms with Gasteiger partial charge in [-0.1, -0.05) is 42.5 Å². The molecule has 0 aliphatic carbocycles. The Morgan fingerprint density at radius 3 is 2.44 bits per heavy atom. The van der Waals surface area contributed by atoms with Crippen LogP contribution in [0, 0.1) is 0 Å². The molecule has 0 aromatic heterocycles. The number of sulfonamides is 1. The number of para-hydroxylation sites is 1. The molecule has 10 nitrogen and oxygen atoms in total. The first-order chi connectivity index (χ1) is 18.4. The lowest BCUT2D eigenvalue weighted by Gasteiger charge is -2.27. The van der Waals surface area contributed by atoms with Crippen LogP contribution in [0.1, 0.15) is 5.56 Å². The summed E-state index contributed by atoms with van der Waals surface area (Å²) in [7, 11) is -3.24. The Hall–Kier alpha value is -3.85. The van der Waals surface area contributed by atoms with Crippen LogP contribution >= 0.6 is 0 Å². The number of ether oxygens (including phenoxy) is 3. The number of aliphatic hydroxyl groups excluding tert-OH is 1. The second-order valence-corrected chi connectivity index (χ2v) is 10.0. The highest BCUT2D eigenvalue weighted by Gasteiger charge is 2.35. The Labute approximate surface area is 222 Å². The van der Waals surface area contributed by atoms with Crippen molar-refractivity contribution in [1.82, 2.24) is 10.0 Å². The molecule has 0 spiro atoms. The zero-order valence-corrected chi connectivity index (χ0v) is 21.2. The molecule has 4 rings (SSSR count). The highest BCUT2D eigenvalue weighted by atomic mass is 32.2. The number of amides is 1. The molecule has 0 saturated carbocycles. The van der Waals surface area contributed by atoms with E-state index >= 15 is 0 Å². The zero-order chi connectivity index (χ0) is 28.2. The minimum Gasteiger partial charge on any atom is -0.454 e. The molecule has 1 aliphatic rings. The van der Waals surface area contributed by atoms with Gasteiger partial charge >= 0.3 is 6.36 Å². The number of benzene rings is 3. The van der Waals surface area contributed by atoms with Gasteiger partial charge in [-0.3, -0.25) is 10.1 Å². The van der Waals surface area contributed by atoms with Crippen molar-refractivity contribution in [2.24, 2.45) is 0 Å². The molecule has 2 atom stereocenters. The first-order valence-corrected chi connectivity index (χ1v) is 12.9. The van der Waals surface area contributed by atoms with E-state index in [0.717, 1.165) is 18.2 Å². The van der Waals surface area contributed by atoms with Gasteiger partial charge < -0.3 is 24.2 Å². The van der Waals surface area contributed by atoms with Crippen molar-refractivity contribution in [3.05, 3.63) is 78.4 Å². The molecule has 0 saturated heterocycles. The molecule has 208 valence electrons. The first kappa shape index (κ1) is 28.2. The van der Waals surface area contributed by atoms with Crippen LogP contribution in [0.15, 0.2) is 77.7 Å². The van der Waals surface area contributed by atoms with Gasteiger partial charge in [0.15, 0.2) is 17.9 Å². The Balaban J connectivity index is 1.54. The Morgan fingerprint density at radius 1 is 1.05 bits per heavy atom. The van der Waals surface area contributed by atoms with Gasteiger partial charge in [0.25, 0.3) is 0 Å². The average Bonchev–Trinajstić information content (AvgIpc) is 3.35. The number of alkyl halides is 3. The quantitative estimate of drug-likeness (QED) is 0.320. The summed E-state index contributed by atoms with van der Waals surface area (Å²) >= 11 is 0. The number of carbonyl (C=O) groups is 1. The van der Waals surface area contributed by atoms with Gasteiger partial charge in [-0.2, -0.15) is 4.72 Å². The molecule has 0 bridgehead atoms. The SMILES string of the molecule is CN(C(=O)[C@H](Cc1ccccc1)NC(O)NS(=O)(=O)c1ccccc1OC(F)(F)F)c1ccc2c(c1)OCO2. The summed E-state index contributed by atoms with van der Waals surface area (Å²) in [6.45, 7) is 0.0398. The van der Waals surface area contributed by atoms with Gasteiger partial charge in [0.05, 0.1) is 6.04 Å². The van der Waals surface area contributed by atoms with Crippen molar-refractivity contribution in [2.75, 3.05) is 18.7 Å². The molecule has 0 fully saturated rings. The number of aliphatic hydroxyl groups is 1. The third-order valence-electron chi connectivity index (χ3n) is 5.64. The van der Waals surface area contributed by atoms with Gasteiger partial charge in [0.2, 0.25) is 22.7 Å². The Morgan fingerprint density at radius 2 is 1.72 bits per heavy atom. The third kappa shape index (κ3) is 7.17. The number of nitrogens with zero attached hydrogens (tertiary/aromatic N) is 1. The summed E-state index contributed by atoms with van der Waals surface area (Å²) in [5.41, 5.74) is 1.14. The van der Waals surface area contributed by atoms with E-state index in [-0.39, 0.29) is 13.2 Å².